The maximum Gasteiger partial charge on any atom is 0.223 e. The van der Waals surface area contributed by atoms with E-state index in [1.54, 1.807) is 0 Å². The highest BCUT2D eigenvalue weighted by Crippen LogP contribution is 2.44. The van der Waals surface area contributed by atoms with Gasteiger partial charge in [-0.3, -0.25) is 9.69 Å². The summed E-state index contributed by atoms with van der Waals surface area (Å²) >= 11 is 0. The van der Waals surface area contributed by atoms with Crippen LogP contribution >= 0.6 is 0 Å². The zero-order chi connectivity index (χ0) is 15.6. The first-order valence-electron chi connectivity index (χ1n) is 9.34. The average Bonchev–Trinajstić information content (AvgIpc) is 3.19. The van der Waals surface area contributed by atoms with E-state index in [9.17, 15) is 4.79 Å². The van der Waals surface area contributed by atoms with Crippen LogP contribution in [0.5, 0.6) is 0 Å². The van der Waals surface area contributed by atoms with Gasteiger partial charge in [-0.1, -0.05) is 36.8 Å². The number of benzene rings is 1. The molecule has 1 aliphatic heterocycles. The van der Waals surface area contributed by atoms with Crippen molar-refractivity contribution in [3.8, 4) is 0 Å². The Morgan fingerprint density at radius 2 is 1.83 bits per heavy atom. The smallest absolute Gasteiger partial charge is 0.223 e. The fourth-order valence-corrected chi connectivity index (χ4v) is 4.92. The van der Waals surface area contributed by atoms with Gasteiger partial charge in [-0.15, -0.1) is 0 Å². The van der Waals surface area contributed by atoms with E-state index in [1.165, 1.54) is 31.2 Å². The van der Waals surface area contributed by atoms with E-state index in [-0.39, 0.29) is 5.92 Å². The lowest BCUT2D eigenvalue weighted by Crippen LogP contribution is -2.45. The van der Waals surface area contributed by atoms with Crippen LogP contribution in [0.2, 0.25) is 0 Å². The van der Waals surface area contributed by atoms with Gasteiger partial charge in [0.2, 0.25) is 5.91 Å². The highest BCUT2D eigenvalue weighted by Gasteiger charge is 2.40. The van der Waals surface area contributed by atoms with E-state index in [0.717, 1.165) is 44.3 Å². The Hall–Kier alpha value is -1.35. The summed E-state index contributed by atoms with van der Waals surface area (Å²) in [5, 5.41) is 3.39. The molecule has 1 saturated heterocycles. The molecule has 23 heavy (non-hydrogen) atoms. The van der Waals surface area contributed by atoms with Crippen LogP contribution in [-0.4, -0.2) is 29.9 Å². The van der Waals surface area contributed by atoms with E-state index in [2.05, 4.69) is 40.5 Å². The van der Waals surface area contributed by atoms with Crippen molar-refractivity contribution in [1.82, 2.24) is 10.2 Å². The predicted octanol–water partition coefficient (Wildman–Crippen LogP) is 3.20. The summed E-state index contributed by atoms with van der Waals surface area (Å²) in [4.78, 5) is 15.0. The average molecular weight is 312 g/mol. The standard InChI is InChI=1S/C20H28N2O/c23-20(21-19-13-16-6-7-18(19)12-16)17-8-10-22(11-9-17)14-15-4-2-1-3-5-15/h1-5,16-19H,6-14H2,(H,21,23)/t16-,18+,19+/m0/s1. The molecule has 2 saturated carbocycles. The Kier molecular flexibility index (Phi) is 4.39. The third kappa shape index (κ3) is 3.45. The van der Waals surface area contributed by atoms with Gasteiger partial charge < -0.3 is 5.32 Å². The van der Waals surface area contributed by atoms with Crippen LogP contribution in [0.25, 0.3) is 0 Å². The van der Waals surface area contributed by atoms with Crippen LogP contribution in [0.1, 0.15) is 44.1 Å². The first-order chi connectivity index (χ1) is 11.3. The molecular formula is C20H28N2O. The Balaban J connectivity index is 1.24. The number of likely N-dealkylation sites (tertiary alicyclic amines) is 1. The molecule has 3 atom stereocenters. The van der Waals surface area contributed by atoms with Crippen molar-refractivity contribution in [1.29, 1.82) is 0 Å². The molecule has 1 amide bonds. The molecule has 2 bridgehead atoms. The molecule has 4 rings (SSSR count). The molecule has 2 aliphatic carbocycles. The van der Waals surface area contributed by atoms with E-state index in [1.807, 2.05) is 0 Å². The first-order valence-corrected chi connectivity index (χ1v) is 9.34. The lowest BCUT2D eigenvalue weighted by molar-refractivity contribution is -0.127. The van der Waals surface area contributed by atoms with Gasteiger partial charge in [0.15, 0.2) is 0 Å². The van der Waals surface area contributed by atoms with Crippen LogP contribution in [0.15, 0.2) is 30.3 Å². The Labute approximate surface area is 139 Å². The van der Waals surface area contributed by atoms with Crippen molar-refractivity contribution in [2.45, 2.75) is 51.1 Å². The molecule has 0 radical (unpaired) electrons. The minimum Gasteiger partial charge on any atom is -0.353 e. The second kappa shape index (κ2) is 6.64. The SMILES string of the molecule is O=C(N[C@@H]1C[C@H]2CC[C@@H]1C2)C1CCN(Cc2ccccc2)CC1. The predicted molar refractivity (Wildman–Crippen MR) is 91.8 cm³/mol. The number of hydrogen-bond acceptors (Lipinski definition) is 2. The third-order valence-corrected chi connectivity index (χ3v) is 6.27. The van der Waals surface area contributed by atoms with Crippen molar-refractivity contribution in [3.63, 3.8) is 0 Å². The molecule has 0 unspecified atom stereocenters. The van der Waals surface area contributed by atoms with Gasteiger partial charge in [0.05, 0.1) is 0 Å². The first kappa shape index (κ1) is 15.2. The topological polar surface area (TPSA) is 32.3 Å². The highest BCUT2D eigenvalue weighted by atomic mass is 16.2. The molecule has 3 heteroatoms. The van der Waals surface area contributed by atoms with Gasteiger partial charge in [-0.2, -0.15) is 0 Å². The van der Waals surface area contributed by atoms with Gasteiger partial charge in [-0.25, -0.2) is 0 Å². The minimum absolute atomic E-state index is 0.237. The maximum atomic E-state index is 12.6. The molecule has 1 heterocycles. The highest BCUT2D eigenvalue weighted by molar-refractivity contribution is 5.79. The van der Waals surface area contributed by atoms with Crippen LogP contribution in [0, 0.1) is 17.8 Å². The monoisotopic (exact) mass is 312 g/mol. The second-order valence-electron chi connectivity index (χ2n) is 7.83. The van der Waals surface area contributed by atoms with Crippen LogP contribution in [0.4, 0.5) is 0 Å². The molecule has 3 nitrogen and oxygen atoms in total. The zero-order valence-electron chi connectivity index (χ0n) is 13.9. The number of nitrogens with zero attached hydrogens (tertiary/aromatic N) is 1. The van der Waals surface area contributed by atoms with E-state index in [4.69, 9.17) is 0 Å². The number of hydrogen-bond donors (Lipinski definition) is 1. The molecule has 3 fully saturated rings. The van der Waals surface area contributed by atoms with Gasteiger partial charge in [-0.05, 0) is 62.6 Å². The Bertz CT molecular complexity index is 536. The summed E-state index contributed by atoms with van der Waals surface area (Å²) in [6.07, 6.45) is 7.36. The normalized spacial score (nSPS) is 31.4. The third-order valence-electron chi connectivity index (χ3n) is 6.27. The second-order valence-corrected chi connectivity index (χ2v) is 7.83. The number of amides is 1. The number of carbonyl (C=O) groups is 1. The molecule has 0 spiro atoms. The minimum atomic E-state index is 0.237. The molecule has 1 aromatic carbocycles. The quantitative estimate of drug-likeness (QED) is 0.926. The largest absolute Gasteiger partial charge is 0.353 e. The summed E-state index contributed by atoms with van der Waals surface area (Å²) in [6, 6.07) is 11.1. The molecule has 1 aromatic rings. The molecular weight excluding hydrogens is 284 g/mol. The molecule has 1 N–H and O–H groups in total. The van der Waals surface area contributed by atoms with Crippen LogP contribution in [0.3, 0.4) is 0 Å². The molecule has 0 aromatic heterocycles. The van der Waals surface area contributed by atoms with Crippen LogP contribution < -0.4 is 5.32 Å². The number of piperidine rings is 1. The van der Waals surface area contributed by atoms with Crippen molar-refractivity contribution in [2.24, 2.45) is 17.8 Å². The van der Waals surface area contributed by atoms with Crippen LogP contribution in [-0.2, 0) is 11.3 Å². The van der Waals surface area contributed by atoms with Crippen molar-refractivity contribution >= 4 is 5.91 Å². The van der Waals surface area contributed by atoms with E-state index in [0.29, 0.717) is 11.9 Å². The van der Waals surface area contributed by atoms with Gasteiger partial charge >= 0.3 is 0 Å². The number of nitrogens with one attached hydrogen (secondary N) is 1. The fraction of sp³-hybridized carbons (Fsp3) is 0.650. The number of fused-ring (bicyclic) bond motifs is 2. The molecule has 124 valence electrons. The number of rotatable bonds is 4. The van der Waals surface area contributed by atoms with Crippen molar-refractivity contribution in [2.75, 3.05) is 13.1 Å². The molecule has 3 aliphatic rings. The zero-order valence-corrected chi connectivity index (χ0v) is 13.9. The van der Waals surface area contributed by atoms with E-state index >= 15 is 0 Å². The summed E-state index contributed by atoms with van der Waals surface area (Å²) in [5.74, 6) is 2.25. The van der Waals surface area contributed by atoms with Gasteiger partial charge in [0.25, 0.3) is 0 Å². The van der Waals surface area contributed by atoms with Gasteiger partial charge in [0.1, 0.15) is 0 Å². The lowest BCUT2D eigenvalue weighted by atomic mass is 9.92. The summed E-state index contributed by atoms with van der Waals surface area (Å²) in [6.45, 7) is 3.11. The summed E-state index contributed by atoms with van der Waals surface area (Å²) < 4.78 is 0. The Morgan fingerprint density at radius 1 is 1.04 bits per heavy atom. The summed E-state index contributed by atoms with van der Waals surface area (Å²) in [5.41, 5.74) is 1.37. The maximum absolute atomic E-state index is 12.6. The van der Waals surface area contributed by atoms with Gasteiger partial charge in [0, 0.05) is 18.5 Å². The summed E-state index contributed by atoms with van der Waals surface area (Å²) in [7, 11) is 0. The lowest BCUT2D eigenvalue weighted by Gasteiger charge is -2.32. The Morgan fingerprint density at radius 3 is 2.48 bits per heavy atom. The van der Waals surface area contributed by atoms with E-state index < -0.39 is 0 Å². The van der Waals surface area contributed by atoms with Crippen molar-refractivity contribution < 1.29 is 4.79 Å². The number of carbonyl (C=O) groups excluding carboxylic acids is 1. The van der Waals surface area contributed by atoms with Crippen molar-refractivity contribution in [3.05, 3.63) is 35.9 Å². The fourth-order valence-electron chi connectivity index (χ4n) is 4.92.